The van der Waals surface area contributed by atoms with E-state index >= 15 is 0 Å². The summed E-state index contributed by atoms with van der Waals surface area (Å²) in [5.74, 6) is 0. The zero-order valence-corrected chi connectivity index (χ0v) is 13.3. The molecule has 102 valence electrons. The highest BCUT2D eigenvalue weighted by atomic mass is 35.6. The van der Waals surface area contributed by atoms with Gasteiger partial charge in [-0.3, -0.25) is 0 Å². The van der Waals surface area contributed by atoms with Gasteiger partial charge in [0, 0.05) is 6.61 Å². The highest BCUT2D eigenvalue weighted by molar-refractivity contribution is 6.75. The van der Waals surface area contributed by atoms with Gasteiger partial charge in [0.2, 0.25) is 3.79 Å². The van der Waals surface area contributed by atoms with E-state index in [1.807, 2.05) is 12.1 Å². The lowest BCUT2D eigenvalue weighted by molar-refractivity contribution is 0.284. The lowest BCUT2D eigenvalue weighted by atomic mass is 10.0. The van der Waals surface area contributed by atoms with Crippen molar-refractivity contribution in [2.75, 3.05) is 6.61 Å². The van der Waals surface area contributed by atoms with Gasteiger partial charge < -0.3 is 5.11 Å². The highest BCUT2D eigenvalue weighted by Gasteiger charge is 2.47. The van der Waals surface area contributed by atoms with Crippen LogP contribution in [0, 0.1) is 0 Å². The molecule has 0 heterocycles. The van der Waals surface area contributed by atoms with Crippen molar-refractivity contribution in [2.45, 2.75) is 27.4 Å². The predicted octanol–water partition coefficient (Wildman–Crippen LogP) is 5.00. The zero-order chi connectivity index (χ0) is 13.8. The molecule has 0 fully saturated rings. The molecule has 0 atom stereocenters. The van der Waals surface area contributed by atoms with E-state index in [1.165, 1.54) is 0 Å². The molecule has 0 saturated heterocycles. The molecular formula is C12H13Cl5O. The first-order valence-corrected chi connectivity index (χ1v) is 7.33. The van der Waals surface area contributed by atoms with Crippen LogP contribution in [-0.2, 0) is 10.8 Å². The topological polar surface area (TPSA) is 20.2 Å². The smallest absolute Gasteiger partial charge is 0.227 e. The molecule has 1 rings (SSSR count). The lowest BCUT2D eigenvalue weighted by Gasteiger charge is -2.27. The van der Waals surface area contributed by atoms with Crippen LogP contribution in [0.3, 0.4) is 0 Å². The van der Waals surface area contributed by atoms with Gasteiger partial charge >= 0.3 is 0 Å². The van der Waals surface area contributed by atoms with Gasteiger partial charge in [0.1, 0.15) is 0 Å². The van der Waals surface area contributed by atoms with Crippen LogP contribution in [0.25, 0.3) is 0 Å². The Morgan fingerprint density at radius 3 is 1.89 bits per heavy atom. The maximum Gasteiger partial charge on any atom is 0.227 e. The molecule has 0 bridgehead atoms. The van der Waals surface area contributed by atoms with Gasteiger partial charge in [0.25, 0.3) is 0 Å². The first-order valence-electron chi connectivity index (χ1n) is 5.44. The van der Waals surface area contributed by atoms with Crippen molar-refractivity contribution < 1.29 is 5.11 Å². The van der Waals surface area contributed by atoms with Crippen LogP contribution in [-0.4, -0.2) is 15.5 Å². The van der Waals surface area contributed by atoms with Crippen molar-refractivity contribution in [3.05, 3.63) is 35.4 Å². The number of halogens is 5. The van der Waals surface area contributed by atoms with Crippen LogP contribution in [0.1, 0.15) is 24.0 Å². The van der Waals surface area contributed by atoms with Crippen molar-refractivity contribution >= 4 is 58.0 Å². The standard InChI is InChI=1S/C12H13Cl5O/c13-11(14,12(15,16)17)10-6-4-9(5-7-10)3-1-2-8-18/h4-7,18H,1-3,8H2. The number of rotatable bonds is 5. The molecular weight excluding hydrogens is 337 g/mol. The number of aryl methyl sites for hydroxylation is 1. The van der Waals surface area contributed by atoms with Gasteiger partial charge in [-0.15, -0.1) is 0 Å². The number of benzene rings is 1. The first-order chi connectivity index (χ1) is 8.29. The predicted molar refractivity (Wildman–Crippen MR) is 80.1 cm³/mol. The number of hydrogen-bond donors (Lipinski definition) is 1. The second kappa shape index (κ2) is 6.88. The highest BCUT2D eigenvalue weighted by Crippen LogP contribution is 2.52. The Bertz CT molecular complexity index is 369. The fourth-order valence-corrected chi connectivity index (χ4v) is 2.06. The third-order valence-electron chi connectivity index (χ3n) is 2.55. The summed E-state index contributed by atoms with van der Waals surface area (Å²) in [6.45, 7) is 0.206. The fourth-order valence-electron chi connectivity index (χ4n) is 1.49. The van der Waals surface area contributed by atoms with Crippen molar-refractivity contribution in [2.24, 2.45) is 0 Å². The third kappa shape index (κ3) is 4.33. The van der Waals surface area contributed by atoms with Crippen molar-refractivity contribution in [3.8, 4) is 0 Å². The minimum Gasteiger partial charge on any atom is -0.396 e. The lowest BCUT2D eigenvalue weighted by Crippen LogP contribution is -2.28. The van der Waals surface area contributed by atoms with E-state index in [2.05, 4.69) is 0 Å². The normalized spacial score (nSPS) is 12.8. The fraction of sp³-hybridized carbons (Fsp3) is 0.500. The van der Waals surface area contributed by atoms with E-state index in [1.54, 1.807) is 12.1 Å². The molecule has 0 spiro atoms. The van der Waals surface area contributed by atoms with Crippen LogP contribution >= 0.6 is 58.0 Å². The number of aliphatic hydroxyl groups is 1. The van der Waals surface area contributed by atoms with Crippen LogP contribution in [0.5, 0.6) is 0 Å². The van der Waals surface area contributed by atoms with Crippen LogP contribution in [0.4, 0.5) is 0 Å². The Morgan fingerprint density at radius 1 is 0.889 bits per heavy atom. The van der Waals surface area contributed by atoms with Gasteiger partial charge in [-0.2, -0.15) is 0 Å². The van der Waals surface area contributed by atoms with Gasteiger partial charge in [-0.25, -0.2) is 0 Å². The molecule has 18 heavy (non-hydrogen) atoms. The molecule has 0 aliphatic carbocycles. The summed E-state index contributed by atoms with van der Waals surface area (Å²) < 4.78 is -3.38. The maximum atomic E-state index is 8.71. The first kappa shape index (κ1) is 16.7. The maximum absolute atomic E-state index is 8.71. The SMILES string of the molecule is OCCCCc1ccc(C(Cl)(Cl)C(Cl)(Cl)Cl)cc1. The van der Waals surface area contributed by atoms with Gasteiger partial charge in [0.15, 0.2) is 4.33 Å². The summed E-state index contributed by atoms with van der Waals surface area (Å²) >= 11 is 29.3. The van der Waals surface area contributed by atoms with Crippen molar-refractivity contribution in [3.63, 3.8) is 0 Å². The second-order valence-electron chi connectivity index (χ2n) is 3.95. The van der Waals surface area contributed by atoms with Crippen molar-refractivity contribution in [1.29, 1.82) is 0 Å². The molecule has 0 aromatic heterocycles. The van der Waals surface area contributed by atoms with Gasteiger partial charge in [-0.1, -0.05) is 82.3 Å². The summed E-state index contributed by atoms with van der Waals surface area (Å²) in [7, 11) is 0. The quantitative estimate of drug-likeness (QED) is 0.585. The molecule has 0 saturated carbocycles. The average Bonchev–Trinajstić information content (AvgIpc) is 2.28. The van der Waals surface area contributed by atoms with Crippen LogP contribution in [0.2, 0.25) is 0 Å². The summed E-state index contributed by atoms with van der Waals surface area (Å²) in [4.78, 5) is 0. The van der Waals surface area contributed by atoms with Gasteiger partial charge in [0.05, 0.1) is 0 Å². The summed E-state index contributed by atoms with van der Waals surface area (Å²) in [5.41, 5.74) is 1.66. The van der Waals surface area contributed by atoms with E-state index in [4.69, 9.17) is 63.1 Å². The minimum absolute atomic E-state index is 0.206. The van der Waals surface area contributed by atoms with Gasteiger partial charge in [-0.05, 0) is 30.4 Å². The number of unbranched alkanes of at least 4 members (excludes halogenated alkanes) is 1. The minimum atomic E-state index is -1.80. The molecule has 1 aromatic rings. The third-order valence-corrected chi connectivity index (χ3v) is 4.98. The van der Waals surface area contributed by atoms with E-state index in [9.17, 15) is 0 Å². The number of aliphatic hydroxyl groups excluding tert-OH is 1. The molecule has 1 nitrogen and oxygen atoms in total. The number of hydrogen-bond acceptors (Lipinski definition) is 1. The van der Waals surface area contributed by atoms with Crippen LogP contribution in [0.15, 0.2) is 24.3 Å². The molecule has 0 unspecified atom stereocenters. The number of alkyl halides is 5. The molecule has 1 aromatic carbocycles. The summed E-state index contributed by atoms with van der Waals surface area (Å²) in [5, 5.41) is 8.71. The van der Waals surface area contributed by atoms with E-state index < -0.39 is 8.13 Å². The van der Waals surface area contributed by atoms with E-state index in [-0.39, 0.29) is 6.61 Å². The average molecular weight is 350 g/mol. The summed E-state index contributed by atoms with van der Waals surface area (Å²) in [6, 6.07) is 7.28. The zero-order valence-electron chi connectivity index (χ0n) is 9.47. The molecule has 0 aliphatic heterocycles. The summed E-state index contributed by atoms with van der Waals surface area (Å²) in [6.07, 6.45) is 2.59. The van der Waals surface area contributed by atoms with Crippen molar-refractivity contribution in [1.82, 2.24) is 0 Å². The molecule has 1 N–H and O–H groups in total. The molecule has 0 radical (unpaired) electrons. The monoisotopic (exact) mass is 348 g/mol. The molecule has 6 heteroatoms. The molecule has 0 aliphatic rings. The Labute approximate surface area is 132 Å². The Kier molecular flexibility index (Phi) is 6.37. The van der Waals surface area contributed by atoms with Crippen LogP contribution < -0.4 is 0 Å². The Morgan fingerprint density at radius 2 is 1.44 bits per heavy atom. The van der Waals surface area contributed by atoms with E-state index in [0.29, 0.717) is 5.56 Å². The Balaban J connectivity index is 2.77. The molecule has 0 amide bonds. The van der Waals surface area contributed by atoms with E-state index in [0.717, 1.165) is 24.8 Å². The Hall–Kier alpha value is 0.630. The second-order valence-corrected chi connectivity index (χ2v) is 7.56. The largest absolute Gasteiger partial charge is 0.396 e.